The average Bonchev–Trinajstić information content (AvgIpc) is 2.95. The molecule has 0 spiro atoms. The van der Waals surface area contributed by atoms with Crippen molar-refractivity contribution in [3.8, 4) is 11.5 Å². The molecule has 1 N–H and O–H groups in total. The molecule has 0 unspecified atom stereocenters. The quantitative estimate of drug-likeness (QED) is 0.615. The number of amidine groups is 1. The van der Waals surface area contributed by atoms with Crippen molar-refractivity contribution in [2.45, 2.75) is 11.7 Å². The van der Waals surface area contributed by atoms with Crippen molar-refractivity contribution in [3.63, 3.8) is 0 Å². The second-order valence-corrected chi connectivity index (χ2v) is 6.50. The van der Waals surface area contributed by atoms with E-state index in [2.05, 4.69) is 15.5 Å². The first-order valence-electron chi connectivity index (χ1n) is 7.71. The molecule has 7 nitrogen and oxygen atoms in total. The fraction of sp³-hybridized carbons (Fsp3) is 0.111. The number of rotatable bonds is 6. The number of carbonyl (C=O) groups excluding carboxylic acids is 2. The minimum Gasteiger partial charge on any atom is -0.550 e. The standard InChI is InChI=1S/C18H15N3O4S/c22-16(23)10-15-17(24)20-18(26-15)21-19-11-12-5-4-8-14(9-12)25-13-6-2-1-3-7-13/h1-9,11,15H,10H2,(H,22,23)(H,20,21,24)/p-1/b19-11-/t15-/m0/s1. The summed E-state index contributed by atoms with van der Waals surface area (Å²) in [4.78, 5) is 22.2. The van der Waals surface area contributed by atoms with Crippen molar-refractivity contribution in [1.82, 2.24) is 5.32 Å². The Kier molecular flexibility index (Phi) is 5.65. The lowest BCUT2D eigenvalue weighted by molar-refractivity contribution is -0.305. The van der Waals surface area contributed by atoms with E-state index in [-0.39, 0.29) is 11.6 Å². The largest absolute Gasteiger partial charge is 0.550 e. The van der Waals surface area contributed by atoms with E-state index in [0.29, 0.717) is 5.75 Å². The van der Waals surface area contributed by atoms with E-state index >= 15 is 0 Å². The van der Waals surface area contributed by atoms with Gasteiger partial charge in [0, 0.05) is 12.4 Å². The van der Waals surface area contributed by atoms with Crippen molar-refractivity contribution in [2.75, 3.05) is 0 Å². The summed E-state index contributed by atoms with van der Waals surface area (Å²) in [7, 11) is 0. The average molecular weight is 368 g/mol. The molecule has 0 aromatic heterocycles. The number of para-hydroxylation sites is 1. The summed E-state index contributed by atoms with van der Waals surface area (Å²) in [5, 5.41) is 20.4. The Bertz CT molecular complexity index is 868. The van der Waals surface area contributed by atoms with Gasteiger partial charge in [-0.3, -0.25) is 4.79 Å². The molecular weight excluding hydrogens is 354 g/mol. The highest BCUT2D eigenvalue weighted by atomic mass is 32.2. The minimum absolute atomic E-state index is 0.259. The number of nitrogens with zero attached hydrogens (tertiary/aromatic N) is 2. The van der Waals surface area contributed by atoms with Crippen molar-refractivity contribution >= 4 is 35.0 Å². The third-order valence-corrected chi connectivity index (χ3v) is 4.39. The number of nitrogens with one attached hydrogen (secondary N) is 1. The Morgan fingerprint density at radius 2 is 1.96 bits per heavy atom. The van der Waals surface area contributed by atoms with Crippen LogP contribution in [0.1, 0.15) is 12.0 Å². The number of amides is 1. The van der Waals surface area contributed by atoms with Crippen LogP contribution >= 0.6 is 11.8 Å². The van der Waals surface area contributed by atoms with E-state index in [0.717, 1.165) is 23.1 Å². The zero-order valence-corrected chi connectivity index (χ0v) is 14.3. The van der Waals surface area contributed by atoms with Crippen LogP contribution in [0.15, 0.2) is 64.8 Å². The van der Waals surface area contributed by atoms with Gasteiger partial charge in [0.15, 0.2) is 5.17 Å². The Hall–Kier alpha value is -3.13. The second-order valence-electron chi connectivity index (χ2n) is 5.31. The number of carboxylic acid groups (broad SMARTS) is 1. The monoisotopic (exact) mass is 368 g/mol. The highest BCUT2D eigenvalue weighted by molar-refractivity contribution is 8.15. The first kappa shape index (κ1) is 17.7. The molecule has 3 rings (SSSR count). The summed E-state index contributed by atoms with van der Waals surface area (Å²) in [5.74, 6) is -0.305. The van der Waals surface area contributed by atoms with Crippen LogP contribution in [0.5, 0.6) is 11.5 Å². The zero-order chi connectivity index (χ0) is 18.4. The maximum Gasteiger partial charge on any atom is 0.239 e. The van der Waals surface area contributed by atoms with Gasteiger partial charge in [-0.25, -0.2) is 0 Å². The highest BCUT2D eigenvalue weighted by Crippen LogP contribution is 2.23. The Morgan fingerprint density at radius 1 is 1.19 bits per heavy atom. The van der Waals surface area contributed by atoms with Crippen LogP contribution in [0.25, 0.3) is 0 Å². The van der Waals surface area contributed by atoms with Gasteiger partial charge in [-0.1, -0.05) is 42.1 Å². The molecule has 1 aliphatic heterocycles. The summed E-state index contributed by atoms with van der Waals surface area (Å²) in [6.45, 7) is 0. The van der Waals surface area contributed by atoms with Gasteiger partial charge in [0.25, 0.3) is 0 Å². The van der Waals surface area contributed by atoms with Gasteiger partial charge < -0.3 is 20.0 Å². The summed E-state index contributed by atoms with van der Waals surface area (Å²) in [5.41, 5.74) is 0.767. The number of hydrogen-bond donors (Lipinski definition) is 1. The van der Waals surface area contributed by atoms with Crippen LogP contribution in [-0.4, -0.2) is 28.5 Å². The van der Waals surface area contributed by atoms with Crippen molar-refractivity contribution in [2.24, 2.45) is 10.2 Å². The maximum atomic E-state index is 11.6. The molecule has 1 saturated heterocycles. The molecule has 2 aromatic rings. The van der Waals surface area contributed by atoms with Gasteiger partial charge in [-0.05, 0) is 29.8 Å². The summed E-state index contributed by atoms with van der Waals surface area (Å²) < 4.78 is 5.74. The third kappa shape index (κ3) is 4.93. The van der Waals surface area contributed by atoms with E-state index < -0.39 is 17.1 Å². The first-order valence-corrected chi connectivity index (χ1v) is 8.59. The number of hydrogen-bond acceptors (Lipinski definition) is 7. The predicted molar refractivity (Wildman–Crippen MR) is 97.1 cm³/mol. The fourth-order valence-corrected chi connectivity index (χ4v) is 3.08. The zero-order valence-electron chi connectivity index (χ0n) is 13.5. The van der Waals surface area contributed by atoms with Crippen molar-refractivity contribution < 1.29 is 19.4 Å². The SMILES string of the molecule is O=C([O-])C[C@@H]1S/C(=N\N=C/c2cccc(Oc3ccccc3)c2)NC1=O. The van der Waals surface area contributed by atoms with Crippen LogP contribution in [0.4, 0.5) is 0 Å². The molecule has 1 aliphatic rings. The lowest BCUT2D eigenvalue weighted by atomic mass is 10.2. The van der Waals surface area contributed by atoms with Crippen LogP contribution in [0, 0.1) is 0 Å². The molecule has 0 bridgehead atoms. The predicted octanol–water partition coefficient (Wildman–Crippen LogP) is 1.54. The Balaban J connectivity index is 1.63. The molecule has 26 heavy (non-hydrogen) atoms. The summed E-state index contributed by atoms with van der Waals surface area (Å²) >= 11 is 1.02. The minimum atomic E-state index is -1.28. The number of benzene rings is 2. The fourth-order valence-electron chi connectivity index (χ4n) is 2.17. The molecule has 1 amide bonds. The van der Waals surface area contributed by atoms with Crippen molar-refractivity contribution in [3.05, 3.63) is 60.2 Å². The van der Waals surface area contributed by atoms with Crippen LogP contribution in [0.3, 0.4) is 0 Å². The summed E-state index contributed by atoms with van der Waals surface area (Å²) in [6.07, 6.45) is 1.15. The molecule has 0 radical (unpaired) electrons. The molecule has 1 fully saturated rings. The molecule has 0 aliphatic carbocycles. The van der Waals surface area contributed by atoms with Gasteiger partial charge in [0.05, 0.1) is 11.5 Å². The van der Waals surface area contributed by atoms with Crippen LogP contribution < -0.4 is 15.2 Å². The van der Waals surface area contributed by atoms with Crippen LogP contribution in [-0.2, 0) is 9.59 Å². The van der Waals surface area contributed by atoms with Gasteiger partial charge in [-0.15, -0.1) is 5.10 Å². The van der Waals surface area contributed by atoms with E-state index in [1.807, 2.05) is 48.5 Å². The van der Waals surface area contributed by atoms with E-state index in [1.165, 1.54) is 6.21 Å². The molecule has 2 aromatic carbocycles. The van der Waals surface area contributed by atoms with E-state index in [4.69, 9.17) is 4.74 Å². The highest BCUT2D eigenvalue weighted by Gasteiger charge is 2.30. The lowest BCUT2D eigenvalue weighted by Gasteiger charge is -2.05. The molecule has 0 saturated carbocycles. The third-order valence-electron chi connectivity index (χ3n) is 3.32. The molecule has 8 heteroatoms. The molecule has 1 atom stereocenters. The van der Waals surface area contributed by atoms with Crippen LogP contribution in [0.2, 0.25) is 0 Å². The maximum absolute atomic E-state index is 11.6. The van der Waals surface area contributed by atoms with Gasteiger partial charge >= 0.3 is 0 Å². The lowest BCUT2D eigenvalue weighted by Crippen LogP contribution is -2.31. The number of carbonyl (C=O) groups is 2. The Labute approximate surface area is 153 Å². The van der Waals surface area contributed by atoms with Crippen molar-refractivity contribution in [1.29, 1.82) is 0 Å². The van der Waals surface area contributed by atoms with E-state index in [1.54, 1.807) is 6.07 Å². The number of thioether (sulfide) groups is 1. The number of aliphatic carboxylic acids is 1. The molecule has 1 heterocycles. The summed E-state index contributed by atoms with van der Waals surface area (Å²) in [6, 6.07) is 16.7. The van der Waals surface area contributed by atoms with Gasteiger partial charge in [0.1, 0.15) is 11.5 Å². The number of carboxylic acids is 1. The van der Waals surface area contributed by atoms with Gasteiger partial charge in [0.2, 0.25) is 5.91 Å². The second kappa shape index (κ2) is 8.30. The molecule has 132 valence electrons. The molecular formula is C18H14N3O4S-. The topological polar surface area (TPSA) is 103 Å². The normalized spacial score (nSPS) is 18.2. The van der Waals surface area contributed by atoms with E-state index in [9.17, 15) is 14.7 Å². The number of ether oxygens (including phenoxy) is 1. The Morgan fingerprint density at radius 3 is 2.73 bits per heavy atom. The first-order chi connectivity index (χ1) is 12.6. The van der Waals surface area contributed by atoms with Gasteiger partial charge in [-0.2, -0.15) is 5.10 Å². The smallest absolute Gasteiger partial charge is 0.239 e.